The molecule has 1 aromatic rings. The van der Waals surface area contributed by atoms with E-state index in [9.17, 15) is 0 Å². The van der Waals surface area contributed by atoms with Crippen LogP contribution in [0.15, 0.2) is 24.3 Å². The molecule has 0 bridgehead atoms. The van der Waals surface area contributed by atoms with Crippen molar-refractivity contribution < 1.29 is 4.74 Å². The van der Waals surface area contributed by atoms with Crippen LogP contribution in [0.5, 0.6) is 5.75 Å². The number of hydrogen-bond donors (Lipinski definition) is 1. The van der Waals surface area contributed by atoms with E-state index in [0.717, 1.165) is 37.1 Å². The van der Waals surface area contributed by atoms with Gasteiger partial charge in [-0.05, 0) is 37.1 Å². The summed E-state index contributed by atoms with van der Waals surface area (Å²) in [5, 5.41) is 0. The molecular formula is C17H28N2O. The molecule has 0 heterocycles. The Bertz CT molecular complexity index is 388. The van der Waals surface area contributed by atoms with Gasteiger partial charge in [0.05, 0.1) is 0 Å². The van der Waals surface area contributed by atoms with Crippen molar-refractivity contribution >= 4 is 0 Å². The molecule has 0 aromatic heterocycles. The summed E-state index contributed by atoms with van der Waals surface area (Å²) in [6.45, 7) is 5.73. The zero-order chi connectivity index (χ0) is 14.2. The molecule has 1 aliphatic carbocycles. The first-order chi connectivity index (χ1) is 9.83. The Morgan fingerprint density at radius 2 is 2.05 bits per heavy atom. The average Bonchev–Trinajstić information content (AvgIpc) is 2.52. The van der Waals surface area contributed by atoms with E-state index in [-0.39, 0.29) is 0 Å². The summed E-state index contributed by atoms with van der Waals surface area (Å²) in [6.07, 6.45) is 6.91. The average molecular weight is 276 g/mol. The van der Waals surface area contributed by atoms with Crippen LogP contribution in [-0.2, 0) is 6.54 Å². The van der Waals surface area contributed by atoms with Crippen LogP contribution in [0.1, 0.15) is 44.6 Å². The molecule has 1 saturated carbocycles. The Morgan fingerprint density at radius 1 is 1.25 bits per heavy atom. The second kappa shape index (κ2) is 8.28. The third-order valence-corrected chi connectivity index (χ3v) is 4.28. The molecule has 1 aromatic carbocycles. The molecule has 0 unspecified atom stereocenters. The second-order valence-corrected chi connectivity index (χ2v) is 5.62. The van der Waals surface area contributed by atoms with Gasteiger partial charge in [0.2, 0.25) is 0 Å². The van der Waals surface area contributed by atoms with Crippen LogP contribution in [0.25, 0.3) is 0 Å². The van der Waals surface area contributed by atoms with Crippen molar-refractivity contribution in [3.05, 3.63) is 29.8 Å². The van der Waals surface area contributed by atoms with Gasteiger partial charge in [0.1, 0.15) is 12.4 Å². The first-order valence-corrected chi connectivity index (χ1v) is 7.99. The van der Waals surface area contributed by atoms with Gasteiger partial charge in [0.15, 0.2) is 0 Å². The zero-order valence-corrected chi connectivity index (χ0v) is 12.7. The lowest BCUT2D eigenvalue weighted by Crippen LogP contribution is -2.39. The smallest absolute Gasteiger partial charge is 0.119 e. The minimum Gasteiger partial charge on any atom is -0.492 e. The van der Waals surface area contributed by atoms with E-state index >= 15 is 0 Å². The molecule has 0 saturated heterocycles. The SMILES string of the molecule is CCN(CCOc1cccc(CN)c1)C1CCCCC1. The predicted octanol–water partition coefficient (Wildman–Crippen LogP) is 3.18. The van der Waals surface area contributed by atoms with Crippen molar-refractivity contribution in [2.24, 2.45) is 5.73 Å². The highest BCUT2D eigenvalue weighted by Gasteiger charge is 2.19. The van der Waals surface area contributed by atoms with Crippen molar-refractivity contribution in [3.8, 4) is 5.75 Å². The summed E-state index contributed by atoms with van der Waals surface area (Å²) < 4.78 is 5.87. The van der Waals surface area contributed by atoms with Crippen molar-refractivity contribution in [1.29, 1.82) is 0 Å². The van der Waals surface area contributed by atoms with Crippen LogP contribution in [0.4, 0.5) is 0 Å². The number of likely N-dealkylation sites (N-methyl/N-ethyl adjacent to an activating group) is 1. The molecule has 112 valence electrons. The van der Waals surface area contributed by atoms with Crippen molar-refractivity contribution in [2.75, 3.05) is 19.7 Å². The Balaban J connectivity index is 1.77. The van der Waals surface area contributed by atoms with Gasteiger partial charge < -0.3 is 10.5 Å². The molecule has 0 atom stereocenters. The number of nitrogens with two attached hydrogens (primary N) is 1. The topological polar surface area (TPSA) is 38.5 Å². The monoisotopic (exact) mass is 276 g/mol. The molecule has 3 nitrogen and oxygen atoms in total. The largest absolute Gasteiger partial charge is 0.492 e. The third kappa shape index (κ3) is 4.50. The van der Waals surface area contributed by atoms with Gasteiger partial charge in [-0.2, -0.15) is 0 Å². The summed E-state index contributed by atoms with van der Waals surface area (Å²) in [5.41, 5.74) is 6.78. The van der Waals surface area contributed by atoms with E-state index in [1.54, 1.807) is 0 Å². The summed E-state index contributed by atoms with van der Waals surface area (Å²) >= 11 is 0. The minimum atomic E-state index is 0.570. The van der Waals surface area contributed by atoms with E-state index < -0.39 is 0 Å². The molecule has 2 N–H and O–H groups in total. The molecule has 0 radical (unpaired) electrons. The van der Waals surface area contributed by atoms with Gasteiger partial charge in [0.25, 0.3) is 0 Å². The van der Waals surface area contributed by atoms with Crippen molar-refractivity contribution in [1.82, 2.24) is 4.90 Å². The van der Waals surface area contributed by atoms with Crippen LogP contribution >= 0.6 is 0 Å². The Labute approximate surface area is 123 Å². The molecule has 0 aliphatic heterocycles. The van der Waals surface area contributed by atoms with E-state index in [1.807, 2.05) is 24.3 Å². The highest BCUT2D eigenvalue weighted by atomic mass is 16.5. The summed E-state index contributed by atoms with van der Waals surface area (Å²) in [7, 11) is 0. The lowest BCUT2D eigenvalue weighted by Gasteiger charge is -2.33. The van der Waals surface area contributed by atoms with E-state index in [0.29, 0.717) is 6.54 Å². The number of nitrogens with zero attached hydrogens (tertiary/aromatic N) is 1. The molecule has 2 rings (SSSR count). The highest BCUT2D eigenvalue weighted by molar-refractivity contribution is 5.28. The predicted molar refractivity (Wildman–Crippen MR) is 83.9 cm³/mol. The third-order valence-electron chi connectivity index (χ3n) is 4.28. The first kappa shape index (κ1) is 15.3. The van der Waals surface area contributed by atoms with Gasteiger partial charge in [-0.3, -0.25) is 4.90 Å². The Kier molecular flexibility index (Phi) is 6.34. The summed E-state index contributed by atoms with van der Waals surface area (Å²) in [5.74, 6) is 0.938. The standard InChI is InChI=1S/C17H28N2O/c1-2-19(16-8-4-3-5-9-16)11-12-20-17-10-6-7-15(13-17)14-18/h6-7,10,13,16H,2-5,8-9,11-12,14,18H2,1H3. The molecule has 20 heavy (non-hydrogen) atoms. The van der Waals surface area contributed by atoms with Crippen LogP contribution in [0.2, 0.25) is 0 Å². The molecule has 1 aliphatic rings. The fourth-order valence-electron chi connectivity index (χ4n) is 3.09. The van der Waals surface area contributed by atoms with Crippen LogP contribution in [0.3, 0.4) is 0 Å². The second-order valence-electron chi connectivity index (χ2n) is 5.62. The zero-order valence-electron chi connectivity index (χ0n) is 12.7. The fraction of sp³-hybridized carbons (Fsp3) is 0.647. The van der Waals surface area contributed by atoms with Crippen LogP contribution < -0.4 is 10.5 Å². The summed E-state index contributed by atoms with van der Waals surface area (Å²) in [6, 6.07) is 8.86. The lowest BCUT2D eigenvalue weighted by molar-refractivity contribution is 0.137. The quantitative estimate of drug-likeness (QED) is 0.831. The van der Waals surface area contributed by atoms with E-state index in [4.69, 9.17) is 10.5 Å². The van der Waals surface area contributed by atoms with Gasteiger partial charge >= 0.3 is 0 Å². The maximum atomic E-state index is 5.87. The van der Waals surface area contributed by atoms with Crippen LogP contribution in [0, 0.1) is 0 Å². The number of benzene rings is 1. The van der Waals surface area contributed by atoms with Crippen LogP contribution in [-0.4, -0.2) is 30.6 Å². The number of ether oxygens (including phenoxy) is 1. The fourth-order valence-corrected chi connectivity index (χ4v) is 3.09. The van der Waals surface area contributed by atoms with Crippen molar-refractivity contribution in [3.63, 3.8) is 0 Å². The normalized spacial score (nSPS) is 16.6. The van der Waals surface area contributed by atoms with Gasteiger partial charge in [-0.25, -0.2) is 0 Å². The number of hydrogen-bond acceptors (Lipinski definition) is 3. The molecule has 0 amide bonds. The Hall–Kier alpha value is -1.06. The maximum absolute atomic E-state index is 5.87. The maximum Gasteiger partial charge on any atom is 0.119 e. The lowest BCUT2D eigenvalue weighted by atomic mass is 9.94. The van der Waals surface area contributed by atoms with Gasteiger partial charge in [-0.1, -0.05) is 38.3 Å². The van der Waals surface area contributed by atoms with Crippen molar-refractivity contribution in [2.45, 2.75) is 51.6 Å². The summed E-state index contributed by atoms with van der Waals surface area (Å²) in [4.78, 5) is 2.58. The molecule has 3 heteroatoms. The first-order valence-electron chi connectivity index (χ1n) is 7.99. The Morgan fingerprint density at radius 3 is 2.75 bits per heavy atom. The van der Waals surface area contributed by atoms with E-state index in [2.05, 4.69) is 11.8 Å². The van der Waals surface area contributed by atoms with Gasteiger partial charge in [0, 0.05) is 19.1 Å². The molecule has 0 spiro atoms. The molecular weight excluding hydrogens is 248 g/mol. The van der Waals surface area contributed by atoms with E-state index in [1.165, 1.54) is 32.1 Å². The van der Waals surface area contributed by atoms with Gasteiger partial charge in [-0.15, -0.1) is 0 Å². The highest BCUT2D eigenvalue weighted by Crippen LogP contribution is 2.22. The number of rotatable bonds is 7. The molecule has 1 fully saturated rings. The minimum absolute atomic E-state index is 0.570.